The van der Waals surface area contributed by atoms with Crippen molar-refractivity contribution in [3.63, 3.8) is 0 Å². The second-order valence-electron chi connectivity index (χ2n) is 5.57. The minimum absolute atomic E-state index is 0.0160. The van der Waals surface area contributed by atoms with E-state index in [4.69, 9.17) is 25.3 Å². The summed E-state index contributed by atoms with van der Waals surface area (Å²) in [5.74, 6) is 5.06. The molecule has 0 radical (unpaired) electrons. The van der Waals surface area contributed by atoms with Gasteiger partial charge in [0.2, 0.25) is 0 Å². The molecule has 11 heteroatoms. The SMILES string of the molecule is NO[C@H]1[C@H](O)C[C@H](NO[C@@H]2C[C@@H](O)[C@H](O)[C@@H](CO)O2)O[C@@H]1CO. The minimum atomic E-state index is -1.20. The summed E-state index contributed by atoms with van der Waals surface area (Å²) in [6.45, 7) is -0.882. The van der Waals surface area contributed by atoms with E-state index >= 15 is 0 Å². The molecule has 8 N–H and O–H groups in total. The zero-order valence-corrected chi connectivity index (χ0v) is 12.4. The van der Waals surface area contributed by atoms with E-state index in [1.54, 1.807) is 0 Å². The largest absolute Gasteiger partial charge is 0.394 e. The van der Waals surface area contributed by atoms with Crippen LogP contribution in [0.5, 0.6) is 0 Å². The average Bonchev–Trinajstić information content (AvgIpc) is 2.55. The van der Waals surface area contributed by atoms with Gasteiger partial charge in [-0.15, -0.1) is 0 Å². The Labute approximate surface area is 132 Å². The Kier molecular flexibility index (Phi) is 7.06. The molecule has 0 aromatic rings. The minimum Gasteiger partial charge on any atom is -0.394 e. The molecule has 0 saturated carbocycles. The summed E-state index contributed by atoms with van der Waals surface area (Å²) in [5.41, 5.74) is 2.52. The third-order valence-electron chi connectivity index (χ3n) is 3.92. The van der Waals surface area contributed by atoms with Gasteiger partial charge in [0.15, 0.2) is 6.29 Å². The Hall–Kier alpha value is -0.440. The lowest BCUT2D eigenvalue weighted by Crippen LogP contribution is -2.57. The Balaban J connectivity index is 1.84. The normalized spacial score (nSPS) is 45.1. The van der Waals surface area contributed by atoms with Crippen LogP contribution in [-0.4, -0.2) is 87.9 Å². The van der Waals surface area contributed by atoms with Crippen molar-refractivity contribution in [2.24, 2.45) is 5.90 Å². The number of nitrogens with two attached hydrogens (primary N) is 1. The molecule has 136 valence electrons. The predicted octanol–water partition coefficient (Wildman–Crippen LogP) is -3.94. The molecule has 2 aliphatic heterocycles. The van der Waals surface area contributed by atoms with Crippen LogP contribution in [0.15, 0.2) is 0 Å². The van der Waals surface area contributed by atoms with Crippen molar-refractivity contribution >= 4 is 0 Å². The van der Waals surface area contributed by atoms with Gasteiger partial charge in [0, 0.05) is 12.8 Å². The quantitative estimate of drug-likeness (QED) is 0.235. The van der Waals surface area contributed by atoms with E-state index < -0.39 is 62.4 Å². The van der Waals surface area contributed by atoms with Crippen LogP contribution >= 0.6 is 0 Å². The first-order valence-corrected chi connectivity index (χ1v) is 7.33. The van der Waals surface area contributed by atoms with E-state index in [0.717, 1.165) is 0 Å². The topological polar surface area (TPSA) is 176 Å². The van der Waals surface area contributed by atoms with E-state index in [9.17, 15) is 20.4 Å². The fourth-order valence-corrected chi connectivity index (χ4v) is 2.64. The lowest BCUT2D eigenvalue weighted by molar-refractivity contribution is -0.301. The summed E-state index contributed by atoms with van der Waals surface area (Å²) < 4.78 is 10.7. The summed E-state index contributed by atoms with van der Waals surface area (Å²) in [7, 11) is 0. The molecule has 0 bridgehead atoms. The summed E-state index contributed by atoms with van der Waals surface area (Å²) in [6, 6.07) is 0. The first-order chi connectivity index (χ1) is 11.0. The van der Waals surface area contributed by atoms with Crippen molar-refractivity contribution in [3.8, 4) is 0 Å². The van der Waals surface area contributed by atoms with E-state index in [1.807, 2.05) is 0 Å². The highest BCUT2D eigenvalue weighted by Crippen LogP contribution is 2.23. The summed E-state index contributed by atoms with van der Waals surface area (Å²) in [6.07, 6.45) is -7.58. The maximum Gasteiger partial charge on any atom is 0.180 e. The van der Waals surface area contributed by atoms with Crippen LogP contribution in [0.3, 0.4) is 0 Å². The molecule has 0 spiro atoms. The molecule has 23 heavy (non-hydrogen) atoms. The maximum atomic E-state index is 9.91. The van der Waals surface area contributed by atoms with Crippen LogP contribution in [0.25, 0.3) is 0 Å². The second-order valence-corrected chi connectivity index (χ2v) is 5.57. The number of aliphatic hydroxyl groups is 5. The maximum absolute atomic E-state index is 9.91. The predicted molar refractivity (Wildman–Crippen MR) is 72.0 cm³/mol. The average molecular weight is 340 g/mol. The summed E-state index contributed by atoms with van der Waals surface area (Å²) in [4.78, 5) is 9.83. The Morgan fingerprint density at radius 1 is 1.00 bits per heavy atom. The Morgan fingerprint density at radius 3 is 2.30 bits per heavy atom. The molecule has 11 nitrogen and oxygen atoms in total. The molecule has 0 unspecified atom stereocenters. The monoisotopic (exact) mass is 340 g/mol. The second kappa shape index (κ2) is 8.60. The van der Waals surface area contributed by atoms with Crippen LogP contribution < -0.4 is 11.4 Å². The number of nitrogens with one attached hydrogen (secondary N) is 1. The van der Waals surface area contributed by atoms with Gasteiger partial charge in [-0.05, 0) is 0 Å². The van der Waals surface area contributed by atoms with Gasteiger partial charge in [-0.25, -0.2) is 5.90 Å². The van der Waals surface area contributed by atoms with Crippen LogP contribution in [-0.2, 0) is 19.1 Å². The van der Waals surface area contributed by atoms with Crippen molar-refractivity contribution < 1.29 is 44.7 Å². The molecule has 2 saturated heterocycles. The van der Waals surface area contributed by atoms with Crippen molar-refractivity contribution in [2.45, 2.75) is 62.0 Å². The number of ether oxygens (including phenoxy) is 2. The van der Waals surface area contributed by atoms with Gasteiger partial charge in [0.25, 0.3) is 0 Å². The molecule has 2 heterocycles. The summed E-state index contributed by atoms with van der Waals surface area (Å²) >= 11 is 0. The number of hydroxylamine groups is 1. The highest BCUT2D eigenvalue weighted by atomic mass is 16.8. The molecule has 0 aromatic heterocycles. The van der Waals surface area contributed by atoms with Gasteiger partial charge >= 0.3 is 0 Å². The first kappa shape index (κ1) is 18.9. The highest BCUT2D eigenvalue weighted by molar-refractivity contribution is 4.85. The summed E-state index contributed by atoms with van der Waals surface area (Å²) in [5, 5.41) is 47.5. The molecule has 0 aromatic carbocycles. The van der Waals surface area contributed by atoms with Gasteiger partial charge in [-0.1, -0.05) is 0 Å². The molecule has 2 fully saturated rings. The standard InChI is InChI=1S/C12H24N2O9/c13-22-12-6(18)1-9(20-8(12)4-16)14-23-10-2-5(17)11(19)7(3-15)21-10/h5-12,14-19H,1-4,13H2/t5-,6-,7-,8-,9-,10-,11+,12+/m1/s1. The highest BCUT2D eigenvalue weighted by Gasteiger charge is 2.40. The van der Waals surface area contributed by atoms with E-state index in [2.05, 4.69) is 10.3 Å². The zero-order valence-electron chi connectivity index (χ0n) is 12.4. The number of rotatable bonds is 6. The van der Waals surface area contributed by atoms with Gasteiger partial charge in [0.1, 0.15) is 30.6 Å². The molecule has 2 rings (SSSR count). The van der Waals surface area contributed by atoms with Gasteiger partial charge in [0.05, 0.1) is 25.4 Å². The fraction of sp³-hybridized carbons (Fsp3) is 1.00. The van der Waals surface area contributed by atoms with Crippen LogP contribution in [0.2, 0.25) is 0 Å². The van der Waals surface area contributed by atoms with Crippen molar-refractivity contribution in [3.05, 3.63) is 0 Å². The van der Waals surface area contributed by atoms with Gasteiger partial charge in [-0.3, -0.25) is 9.68 Å². The Bertz CT molecular complexity index is 363. The van der Waals surface area contributed by atoms with E-state index in [1.165, 1.54) is 0 Å². The van der Waals surface area contributed by atoms with Crippen LogP contribution in [0, 0.1) is 0 Å². The third kappa shape index (κ3) is 4.55. The molecular formula is C12H24N2O9. The molecule has 0 aliphatic carbocycles. The number of aliphatic hydroxyl groups excluding tert-OH is 5. The lowest BCUT2D eigenvalue weighted by atomic mass is 10.0. The lowest BCUT2D eigenvalue weighted by Gasteiger charge is -2.39. The molecule has 0 amide bonds. The number of hydrogen-bond acceptors (Lipinski definition) is 11. The third-order valence-corrected chi connectivity index (χ3v) is 3.92. The van der Waals surface area contributed by atoms with E-state index in [0.29, 0.717) is 0 Å². The first-order valence-electron chi connectivity index (χ1n) is 7.33. The fourth-order valence-electron chi connectivity index (χ4n) is 2.64. The van der Waals surface area contributed by atoms with Crippen LogP contribution in [0.4, 0.5) is 0 Å². The van der Waals surface area contributed by atoms with Crippen molar-refractivity contribution in [1.29, 1.82) is 0 Å². The van der Waals surface area contributed by atoms with Crippen molar-refractivity contribution in [1.82, 2.24) is 5.48 Å². The molecule has 2 aliphatic rings. The van der Waals surface area contributed by atoms with Crippen molar-refractivity contribution in [2.75, 3.05) is 13.2 Å². The zero-order chi connectivity index (χ0) is 17.0. The number of hydrogen-bond donors (Lipinski definition) is 7. The van der Waals surface area contributed by atoms with Crippen LogP contribution in [0.1, 0.15) is 12.8 Å². The molecule has 8 atom stereocenters. The van der Waals surface area contributed by atoms with Gasteiger partial charge in [-0.2, -0.15) is 5.48 Å². The Morgan fingerprint density at radius 2 is 1.70 bits per heavy atom. The molecular weight excluding hydrogens is 316 g/mol. The smallest absolute Gasteiger partial charge is 0.180 e. The van der Waals surface area contributed by atoms with Gasteiger partial charge < -0.3 is 35.0 Å². The van der Waals surface area contributed by atoms with E-state index in [-0.39, 0.29) is 12.8 Å².